The highest BCUT2D eigenvalue weighted by Crippen LogP contribution is 2.24. The molecule has 0 spiro atoms. The Morgan fingerprint density at radius 3 is 2.61 bits per heavy atom. The molecule has 1 aromatic carbocycles. The Hall–Kier alpha value is -1.59. The maximum atomic E-state index is 11.3. The molecule has 1 unspecified atom stereocenters. The molecule has 0 bridgehead atoms. The number of hydrogen-bond acceptors (Lipinski definition) is 4. The van der Waals surface area contributed by atoms with Crippen molar-refractivity contribution in [1.29, 1.82) is 0 Å². The maximum absolute atomic E-state index is 11.3. The summed E-state index contributed by atoms with van der Waals surface area (Å²) in [6, 6.07) is 4.38. The summed E-state index contributed by atoms with van der Waals surface area (Å²) in [5, 5.41) is 18.1. The molecule has 0 aromatic heterocycles. The molecule has 2 N–H and O–H groups in total. The first-order valence-electron chi connectivity index (χ1n) is 5.15. The average molecular weight is 273 g/mol. The zero-order valence-electron chi connectivity index (χ0n) is 9.72. The molecule has 1 aromatic rings. The van der Waals surface area contributed by atoms with Gasteiger partial charge in [0.2, 0.25) is 0 Å². The van der Waals surface area contributed by atoms with Crippen LogP contribution in [0.1, 0.15) is 17.2 Å². The van der Waals surface area contributed by atoms with Crippen molar-refractivity contribution in [3.05, 3.63) is 29.3 Å². The first-order chi connectivity index (χ1) is 8.49. The maximum Gasteiger partial charge on any atom is 0.337 e. The Morgan fingerprint density at radius 2 is 2.11 bits per heavy atom. The molecule has 1 atom stereocenters. The van der Waals surface area contributed by atoms with Crippen LogP contribution in [0, 0.1) is 0 Å². The van der Waals surface area contributed by atoms with E-state index in [1.54, 1.807) is 0 Å². The van der Waals surface area contributed by atoms with Crippen LogP contribution in [-0.4, -0.2) is 35.0 Å². The van der Waals surface area contributed by atoms with Gasteiger partial charge >= 0.3 is 5.97 Å². The summed E-state index contributed by atoms with van der Waals surface area (Å²) in [6.45, 7) is 0. The number of methoxy groups -OCH3 is 1. The molecule has 6 heteroatoms. The van der Waals surface area contributed by atoms with Crippen LogP contribution < -0.4 is 4.74 Å². The summed E-state index contributed by atoms with van der Waals surface area (Å²) in [5.74, 6) is -1.24. The van der Waals surface area contributed by atoms with Crippen LogP contribution in [0.5, 0.6) is 5.75 Å². The quantitative estimate of drug-likeness (QED) is 0.759. The van der Waals surface area contributed by atoms with Gasteiger partial charge in [-0.1, -0.05) is 6.07 Å². The summed E-state index contributed by atoms with van der Waals surface area (Å²) >= 11 is 5.42. The Balaban J connectivity index is 3.09. The van der Waals surface area contributed by atoms with Crippen LogP contribution in [0.3, 0.4) is 0 Å². The zero-order chi connectivity index (χ0) is 13.7. The van der Waals surface area contributed by atoms with Crippen molar-refractivity contribution >= 4 is 23.4 Å². The fraction of sp³-hybridized carbons (Fsp3) is 0.333. The minimum atomic E-state index is -1.62. The number of aliphatic hydroxyl groups is 1. The number of carbonyl (C=O) groups excluding carboxylic acids is 1. The van der Waals surface area contributed by atoms with Crippen LogP contribution in [0.25, 0.3) is 0 Å². The number of ether oxygens (including phenoxy) is 1. The lowest BCUT2D eigenvalue weighted by Gasteiger charge is -2.11. The van der Waals surface area contributed by atoms with E-state index in [-0.39, 0.29) is 23.6 Å². The van der Waals surface area contributed by atoms with Crippen molar-refractivity contribution in [2.45, 2.75) is 12.5 Å². The van der Waals surface area contributed by atoms with Gasteiger partial charge in [0.05, 0.1) is 13.0 Å². The predicted molar refractivity (Wildman–Crippen MR) is 65.0 cm³/mol. The second-order valence-corrected chi connectivity index (χ2v) is 3.93. The van der Waals surface area contributed by atoms with Gasteiger partial charge in [0.1, 0.15) is 5.75 Å². The molecule has 0 radical (unpaired) electrons. The highest BCUT2D eigenvalue weighted by atomic mass is 35.5. The molecule has 0 heterocycles. The summed E-state index contributed by atoms with van der Waals surface area (Å²) in [6.07, 6.45) is -1.59. The molecule has 0 aliphatic rings. The van der Waals surface area contributed by atoms with Gasteiger partial charge in [0, 0.05) is 12.0 Å². The van der Waals surface area contributed by atoms with E-state index in [2.05, 4.69) is 0 Å². The van der Waals surface area contributed by atoms with Crippen LogP contribution in [0.4, 0.5) is 0 Å². The third kappa shape index (κ3) is 3.45. The number of aliphatic hydroxyl groups excluding tert-OH is 1. The minimum Gasteiger partial charge on any atom is -0.496 e. The normalized spacial score (nSPS) is 11.9. The Morgan fingerprint density at radius 1 is 1.44 bits per heavy atom. The number of hydrogen-bond donors (Lipinski definition) is 2. The number of Topliss-reactive ketones (excluding diaryl/α,β-unsaturated/α-hetero) is 1. The molecule has 1 rings (SSSR count). The molecule has 5 nitrogen and oxygen atoms in total. The van der Waals surface area contributed by atoms with Crippen LogP contribution in [0.2, 0.25) is 0 Å². The highest BCUT2D eigenvalue weighted by Gasteiger charge is 2.18. The topological polar surface area (TPSA) is 83.8 Å². The van der Waals surface area contributed by atoms with Gasteiger partial charge in [-0.2, -0.15) is 0 Å². The lowest BCUT2D eigenvalue weighted by molar-refractivity contribution is -0.146. The number of aliphatic carboxylic acids is 1. The van der Waals surface area contributed by atoms with Crippen molar-refractivity contribution in [2.24, 2.45) is 0 Å². The van der Waals surface area contributed by atoms with Gasteiger partial charge in [-0.15, -0.1) is 11.6 Å². The molecular weight excluding hydrogens is 260 g/mol. The van der Waals surface area contributed by atoms with Crippen molar-refractivity contribution in [1.82, 2.24) is 0 Å². The van der Waals surface area contributed by atoms with Crippen LogP contribution >= 0.6 is 11.6 Å². The lowest BCUT2D eigenvalue weighted by Crippen LogP contribution is -2.12. The van der Waals surface area contributed by atoms with Gasteiger partial charge in [-0.3, -0.25) is 4.79 Å². The number of ketones is 1. The highest BCUT2D eigenvalue weighted by molar-refractivity contribution is 6.27. The molecule has 0 aliphatic heterocycles. The third-order valence-corrected chi connectivity index (χ3v) is 2.69. The molecule has 98 valence electrons. The van der Waals surface area contributed by atoms with Crippen molar-refractivity contribution in [2.75, 3.05) is 13.0 Å². The number of carbonyl (C=O) groups is 2. The first kappa shape index (κ1) is 14.5. The molecule has 0 fully saturated rings. The van der Waals surface area contributed by atoms with E-state index in [9.17, 15) is 14.7 Å². The van der Waals surface area contributed by atoms with Crippen LogP contribution in [0.15, 0.2) is 18.2 Å². The van der Waals surface area contributed by atoms with Gasteiger partial charge < -0.3 is 14.9 Å². The molecular formula is C12H13ClO5. The summed E-state index contributed by atoms with van der Waals surface area (Å²) in [5.41, 5.74) is 0.696. The summed E-state index contributed by atoms with van der Waals surface area (Å²) < 4.78 is 5.06. The van der Waals surface area contributed by atoms with Gasteiger partial charge in [0.15, 0.2) is 11.9 Å². The number of rotatable bonds is 6. The van der Waals surface area contributed by atoms with Crippen LogP contribution in [-0.2, 0) is 16.0 Å². The van der Waals surface area contributed by atoms with Crippen molar-refractivity contribution < 1.29 is 24.5 Å². The molecule has 0 saturated heterocycles. The average Bonchev–Trinajstić information content (AvgIpc) is 2.37. The first-order valence-corrected chi connectivity index (χ1v) is 5.68. The van der Waals surface area contributed by atoms with E-state index in [0.717, 1.165) is 0 Å². The summed E-state index contributed by atoms with van der Waals surface area (Å²) in [4.78, 5) is 22.0. The lowest BCUT2D eigenvalue weighted by atomic mass is 10.0. The fourth-order valence-electron chi connectivity index (χ4n) is 1.51. The second-order valence-electron chi connectivity index (χ2n) is 3.66. The third-order valence-electron chi connectivity index (χ3n) is 2.39. The number of benzene rings is 1. The van der Waals surface area contributed by atoms with E-state index < -0.39 is 12.1 Å². The molecule has 0 saturated carbocycles. The van der Waals surface area contributed by atoms with E-state index in [4.69, 9.17) is 21.4 Å². The fourth-order valence-corrected chi connectivity index (χ4v) is 1.60. The van der Waals surface area contributed by atoms with Gasteiger partial charge in [-0.25, -0.2) is 4.79 Å². The second kappa shape index (κ2) is 6.37. The largest absolute Gasteiger partial charge is 0.496 e. The number of alkyl halides is 1. The monoisotopic (exact) mass is 272 g/mol. The van der Waals surface area contributed by atoms with Crippen molar-refractivity contribution in [3.63, 3.8) is 0 Å². The number of carboxylic acids is 1. The smallest absolute Gasteiger partial charge is 0.337 e. The SMILES string of the molecule is COc1ccc(C(O)C(=O)O)cc1CC(=O)CCl. The van der Waals surface area contributed by atoms with E-state index in [1.165, 1.54) is 25.3 Å². The number of halogens is 1. The molecule has 0 aliphatic carbocycles. The Labute approximate surface area is 109 Å². The predicted octanol–water partition coefficient (Wildman–Crippen LogP) is 1.16. The Kier molecular flexibility index (Phi) is 5.12. The summed E-state index contributed by atoms with van der Waals surface area (Å²) in [7, 11) is 1.44. The Bertz CT molecular complexity index is 458. The molecule has 18 heavy (non-hydrogen) atoms. The standard InChI is InChI=1S/C12H13ClO5/c1-18-10-3-2-7(11(15)12(16)17)4-8(10)5-9(14)6-13/h2-4,11,15H,5-6H2,1H3,(H,16,17). The van der Waals surface area contributed by atoms with Crippen molar-refractivity contribution in [3.8, 4) is 5.75 Å². The van der Waals surface area contributed by atoms with Gasteiger partial charge in [0.25, 0.3) is 0 Å². The molecule has 0 amide bonds. The minimum absolute atomic E-state index is 0.0346. The number of carboxylic acid groups (broad SMARTS) is 1. The van der Waals surface area contributed by atoms with E-state index >= 15 is 0 Å². The van der Waals surface area contributed by atoms with E-state index in [0.29, 0.717) is 11.3 Å². The zero-order valence-corrected chi connectivity index (χ0v) is 10.5. The van der Waals surface area contributed by atoms with E-state index in [1.807, 2.05) is 0 Å². The van der Waals surface area contributed by atoms with Gasteiger partial charge in [-0.05, 0) is 17.7 Å².